The number of primary amides is 1. The summed E-state index contributed by atoms with van der Waals surface area (Å²) in [5, 5.41) is 6.33. The lowest BCUT2D eigenvalue weighted by atomic mass is 10.1. The molecule has 32 heavy (non-hydrogen) atoms. The van der Waals surface area contributed by atoms with Gasteiger partial charge in [0.25, 0.3) is 5.91 Å². The molecular weight excluding hydrogens is 540 g/mol. The van der Waals surface area contributed by atoms with Crippen molar-refractivity contribution in [2.24, 2.45) is 10.7 Å². The van der Waals surface area contributed by atoms with Crippen LogP contribution in [-0.4, -0.2) is 38.3 Å². The molecule has 0 aliphatic carbocycles. The van der Waals surface area contributed by atoms with Gasteiger partial charge in [0.15, 0.2) is 12.6 Å². The second-order valence-electron chi connectivity index (χ2n) is 6.61. The third kappa shape index (κ3) is 11.2. The van der Waals surface area contributed by atoms with E-state index in [1.54, 1.807) is 31.3 Å². The molecule has 176 valence electrons. The number of aliphatic imine (C=N–C) groups is 1. The van der Waals surface area contributed by atoms with Gasteiger partial charge in [0.2, 0.25) is 0 Å². The lowest BCUT2D eigenvalue weighted by Gasteiger charge is -2.13. The number of halogens is 4. The van der Waals surface area contributed by atoms with E-state index >= 15 is 0 Å². The van der Waals surface area contributed by atoms with E-state index in [1.807, 2.05) is 24.3 Å². The number of carbonyl (C=O) groups is 1. The van der Waals surface area contributed by atoms with Crippen molar-refractivity contribution in [1.82, 2.24) is 10.6 Å². The van der Waals surface area contributed by atoms with Crippen LogP contribution in [0.1, 0.15) is 16.7 Å². The van der Waals surface area contributed by atoms with E-state index in [4.69, 9.17) is 10.5 Å². The third-order valence-electron chi connectivity index (χ3n) is 3.98. The molecule has 0 atom stereocenters. The van der Waals surface area contributed by atoms with E-state index in [2.05, 4.69) is 20.4 Å². The Kier molecular flexibility index (Phi) is 11.8. The minimum atomic E-state index is -4.33. The number of alkyl halides is 3. The van der Waals surface area contributed by atoms with Gasteiger partial charge in [0, 0.05) is 20.1 Å². The monoisotopic (exact) mass is 566 g/mol. The van der Waals surface area contributed by atoms with Crippen molar-refractivity contribution in [2.45, 2.75) is 25.9 Å². The standard InChI is InChI=1S/C21H25F3N4O3.HI/c1-26-20(28-11-17-3-2-4-18(9-17)31-13-19(25)29)27-10-15-5-7-16(8-6-15)12-30-14-21(22,23)24;/h2-9H,10-14H2,1H3,(H2,25,29)(H2,26,27,28);1H. The predicted octanol–water partition coefficient (Wildman–Crippen LogP) is 3.11. The Labute approximate surface area is 201 Å². The van der Waals surface area contributed by atoms with E-state index in [1.165, 1.54) is 0 Å². The molecule has 0 saturated carbocycles. The SMILES string of the molecule is CN=C(NCc1ccc(COCC(F)(F)F)cc1)NCc1cccc(OCC(N)=O)c1.I. The van der Waals surface area contributed by atoms with Crippen LogP contribution in [0.2, 0.25) is 0 Å². The largest absolute Gasteiger partial charge is 0.484 e. The number of rotatable bonds is 10. The second-order valence-corrected chi connectivity index (χ2v) is 6.61. The van der Waals surface area contributed by atoms with E-state index in [0.717, 1.165) is 11.1 Å². The fraction of sp³-hybridized carbons (Fsp3) is 0.333. The van der Waals surface area contributed by atoms with Crippen molar-refractivity contribution < 1.29 is 27.4 Å². The highest BCUT2D eigenvalue weighted by molar-refractivity contribution is 14.0. The van der Waals surface area contributed by atoms with Crippen LogP contribution in [0.5, 0.6) is 5.75 Å². The zero-order valence-corrected chi connectivity index (χ0v) is 19.8. The van der Waals surface area contributed by atoms with Gasteiger partial charge >= 0.3 is 6.18 Å². The molecule has 0 aromatic heterocycles. The van der Waals surface area contributed by atoms with E-state index in [0.29, 0.717) is 30.4 Å². The molecule has 0 aliphatic rings. The maximum Gasteiger partial charge on any atom is 0.411 e. The molecule has 2 rings (SSSR count). The van der Waals surface area contributed by atoms with Crippen LogP contribution in [0.15, 0.2) is 53.5 Å². The van der Waals surface area contributed by atoms with Gasteiger partial charge in [-0.2, -0.15) is 13.2 Å². The molecule has 0 fully saturated rings. The van der Waals surface area contributed by atoms with Crippen LogP contribution in [0, 0.1) is 0 Å². The lowest BCUT2D eigenvalue weighted by molar-refractivity contribution is -0.176. The molecule has 1 amide bonds. The molecule has 0 saturated heterocycles. The Morgan fingerprint density at radius 2 is 1.66 bits per heavy atom. The minimum absolute atomic E-state index is 0. The first-order valence-corrected chi connectivity index (χ1v) is 9.42. The average molecular weight is 566 g/mol. The number of benzene rings is 2. The predicted molar refractivity (Wildman–Crippen MR) is 126 cm³/mol. The number of hydrogen-bond donors (Lipinski definition) is 3. The Balaban J connectivity index is 0.00000512. The maximum absolute atomic E-state index is 12.1. The Morgan fingerprint density at radius 3 is 2.25 bits per heavy atom. The molecule has 0 radical (unpaired) electrons. The van der Waals surface area contributed by atoms with E-state index in [-0.39, 0.29) is 37.2 Å². The molecule has 0 unspecified atom stereocenters. The first-order valence-electron chi connectivity index (χ1n) is 9.42. The van der Waals surface area contributed by atoms with Gasteiger partial charge in [0.1, 0.15) is 12.4 Å². The molecule has 0 aliphatic heterocycles. The molecule has 2 aromatic rings. The number of carbonyl (C=O) groups excluding carboxylic acids is 1. The summed E-state index contributed by atoms with van der Waals surface area (Å²) in [6, 6.07) is 14.3. The van der Waals surface area contributed by atoms with Gasteiger partial charge in [-0.3, -0.25) is 9.79 Å². The van der Waals surface area contributed by atoms with Gasteiger partial charge in [-0.15, -0.1) is 24.0 Å². The number of ether oxygens (including phenoxy) is 2. The van der Waals surface area contributed by atoms with Crippen molar-refractivity contribution in [3.8, 4) is 5.75 Å². The summed E-state index contributed by atoms with van der Waals surface area (Å²) in [5.41, 5.74) is 7.59. The first-order chi connectivity index (χ1) is 14.7. The van der Waals surface area contributed by atoms with E-state index < -0.39 is 18.7 Å². The minimum Gasteiger partial charge on any atom is -0.484 e. The van der Waals surface area contributed by atoms with Gasteiger partial charge in [-0.05, 0) is 28.8 Å². The van der Waals surface area contributed by atoms with Crippen molar-refractivity contribution in [3.05, 3.63) is 65.2 Å². The van der Waals surface area contributed by atoms with Crippen molar-refractivity contribution >= 4 is 35.8 Å². The lowest BCUT2D eigenvalue weighted by Crippen LogP contribution is -2.36. The molecular formula is C21H26F3IN4O3. The van der Waals surface area contributed by atoms with Crippen LogP contribution in [0.4, 0.5) is 13.2 Å². The number of amides is 1. The Hall–Kier alpha value is -2.54. The molecule has 0 bridgehead atoms. The van der Waals surface area contributed by atoms with Gasteiger partial charge in [-0.1, -0.05) is 36.4 Å². The molecule has 7 nitrogen and oxygen atoms in total. The second kappa shape index (κ2) is 13.8. The van der Waals surface area contributed by atoms with Gasteiger partial charge in [0.05, 0.1) is 6.61 Å². The summed E-state index contributed by atoms with van der Waals surface area (Å²) in [6.45, 7) is -0.599. The first kappa shape index (κ1) is 27.5. The van der Waals surface area contributed by atoms with Gasteiger partial charge in [-0.25, -0.2) is 0 Å². The number of nitrogens with one attached hydrogen (secondary N) is 2. The van der Waals surface area contributed by atoms with Crippen molar-refractivity contribution in [2.75, 3.05) is 20.3 Å². The Morgan fingerprint density at radius 1 is 1.03 bits per heavy atom. The summed E-state index contributed by atoms with van der Waals surface area (Å²) < 4.78 is 46.3. The quantitative estimate of drug-likeness (QED) is 0.233. The number of hydrogen-bond acceptors (Lipinski definition) is 4. The fourth-order valence-electron chi connectivity index (χ4n) is 2.53. The van der Waals surface area contributed by atoms with E-state index in [9.17, 15) is 18.0 Å². The molecule has 2 aromatic carbocycles. The zero-order chi connectivity index (χ0) is 22.7. The summed E-state index contributed by atoms with van der Waals surface area (Å²) in [5.74, 6) is 0.566. The highest BCUT2D eigenvalue weighted by atomic mass is 127. The fourth-order valence-corrected chi connectivity index (χ4v) is 2.53. The molecule has 0 spiro atoms. The van der Waals surface area contributed by atoms with Crippen LogP contribution in [0.3, 0.4) is 0 Å². The third-order valence-corrected chi connectivity index (χ3v) is 3.98. The summed E-state index contributed by atoms with van der Waals surface area (Å²) in [7, 11) is 1.64. The summed E-state index contributed by atoms with van der Waals surface area (Å²) in [4.78, 5) is 15.0. The molecule has 11 heteroatoms. The normalized spacial score (nSPS) is 11.4. The number of guanidine groups is 1. The molecule has 0 heterocycles. The Bertz CT molecular complexity index is 877. The van der Waals surface area contributed by atoms with Crippen molar-refractivity contribution in [1.29, 1.82) is 0 Å². The average Bonchev–Trinajstić information content (AvgIpc) is 2.73. The highest BCUT2D eigenvalue weighted by Crippen LogP contribution is 2.16. The van der Waals surface area contributed by atoms with Crippen LogP contribution in [-0.2, 0) is 29.2 Å². The van der Waals surface area contributed by atoms with Crippen LogP contribution >= 0.6 is 24.0 Å². The highest BCUT2D eigenvalue weighted by Gasteiger charge is 2.27. The maximum atomic E-state index is 12.1. The topological polar surface area (TPSA) is 98.0 Å². The zero-order valence-electron chi connectivity index (χ0n) is 17.4. The number of nitrogens with zero attached hydrogens (tertiary/aromatic N) is 1. The summed E-state index contributed by atoms with van der Waals surface area (Å²) in [6.07, 6.45) is -4.33. The van der Waals surface area contributed by atoms with Crippen molar-refractivity contribution in [3.63, 3.8) is 0 Å². The summed E-state index contributed by atoms with van der Waals surface area (Å²) >= 11 is 0. The van der Waals surface area contributed by atoms with Crippen LogP contribution < -0.4 is 21.1 Å². The molecule has 4 N–H and O–H groups in total. The number of nitrogens with two attached hydrogens (primary N) is 1. The van der Waals surface area contributed by atoms with Crippen LogP contribution in [0.25, 0.3) is 0 Å². The smallest absolute Gasteiger partial charge is 0.411 e. The van der Waals surface area contributed by atoms with Gasteiger partial charge < -0.3 is 25.8 Å².